The van der Waals surface area contributed by atoms with Crippen molar-refractivity contribution in [2.75, 3.05) is 13.2 Å². The lowest BCUT2D eigenvalue weighted by Crippen LogP contribution is -2.32. The highest BCUT2D eigenvalue weighted by Gasteiger charge is 2.25. The van der Waals surface area contributed by atoms with Crippen molar-refractivity contribution in [2.24, 2.45) is 0 Å². The van der Waals surface area contributed by atoms with E-state index in [0.717, 1.165) is 11.1 Å². The number of aromatic nitrogens is 3. The van der Waals surface area contributed by atoms with Gasteiger partial charge in [-0.3, -0.25) is 4.79 Å². The monoisotopic (exact) mass is 404 g/mol. The van der Waals surface area contributed by atoms with Crippen LogP contribution in [-0.2, 0) is 6.54 Å². The standard InChI is InChI=1S/C23H24N4O3/c1-23(2,3)30-21-14-17(7-10-26-21)16-5-6-19-18(13-16)22(28)27(11-12-29-19)15-20-24-8-4-9-25-20/h4-10,13-14H,11-12,15H2,1-3H3. The summed E-state index contributed by atoms with van der Waals surface area (Å²) >= 11 is 0. The molecule has 0 saturated heterocycles. The summed E-state index contributed by atoms with van der Waals surface area (Å²) in [5.41, 5.74) is 1.99. The number of nitrogens with zero attached hydrogens (tertiary/aromatic N) is 4. The summed E-state index contributed by atoms with van der Waals surface area (Å²) in [7, 11) is 0. The predicted molar refractivity (Wildman–Crippen MR) is 112 cm³/mol. The molecule has 0 fully saturated rings. The molecule has 0 spiro atoms. The first-order valence-electron chi connectivity index (χ1n) is 9.86. The Morgan fingerprint density at radius 3 is 2.57 bits per heavy atom. The summed E-state index contributed by atoms with van der Waals surface area (Å²) in [5.74, 6) is 1.63. The van der Waals surface area contributed by atoms with Gasteiger partial charge in [0.2, 0.25) is 5.88 Å². The summed E-state index contributed by atoms with van der Waals surface area (Å²) in [5, 5.41) is 0. The molecule has 154 valence electrons. The van der Waals surface area contributed by atoms with Gasteiger partial charge in [-0.1, -0.05) is 6.07 Å². The highest BCUT2D eigenvalue weighted by Crippen LogP contribution is 2.31. The summed E-state index contributed by atoms with van der Waals surface area (Å²) < 4.78 is 11.7. The molecule has 0 N–H and O–H groups in total. The Labute approximate surface area is 175 Å². The van der Waals surface area contributed by atoms with Crippen molar-refractivity contribution in [3.63, 3.8) is 0 Å². The second kappa shape index (κ2) is 8.10. The number of amides is 1. The molecule has 2 aromatic heterocycles. The lowest BCUT2D eigenvalue weighted by molar-refractivity contribution is 0.0738. The van der Waals surface area contributed by atoms with E-state index in [0.29, 0.717) is 42.7 Å². The average molecular weight is 404 g/mol. The fraction of sp³-hybridized carbons (Fsp3) is 0.304. The number of carbonyl (C=O) groups is 1. The second-order valence-electron chi connectivity index (χ2n) is 8.05. The molecule has 0 saturated carbocycles. The van der Waals surface area contributed by atoms with Crippen LogP contribution < -0.4 is 9.47 Å². The molecule has 0 aliphatic carbocycles. The molecule has 4 rings (SSSR count). The Bertz CT molecular complexity index is 1050. The number of rotatable bonds is 4. The Morgan fingerprint density at radius 2 is 1.80 bits per heavy atom. The van der Waals surface area contributed by atoms with Crippen LogP contribution in [0.4, 0.5) is 0 Å². The van der Waals surface area contributed by atoms with Crippen LogP contribution in [0.5, 0.6) is 11.6 Å². The smallest absolute Gasteiger partial charge is 0.258 e. The first kappa shape index (κ1) is 19.8. The Balaban J connectivity index is 1.63. The van der Waals surface area contributed by atoms with E-state index in [9.17, 15) is 4.79 Å². The summed E-state index contributed by atoms with van der Waals surface area (Å²) in [6, 6.07) is 11.2. The number of fused-ring (bicyclic) bond motifs is 1. The molecule has 30 heavy (non-hydrogen) atoms. The molecular formula is C23H24N4O3. The van der Waals surface area contributed by atoms with Crippen molar-refractivity contribution < 1.29 is 14.3 Å². The molecule has 7 nitrogen and oxygen atoms in total. The van der Waals surface area contributed by atoms with Crippen molar-refractivity contribution in [3.05, 3.63) is 66.4 Å². The van der Waals surface area contributed by atoms with Crippen LogP contribution in [0, 0.1) is 0 Å². The molecule has 3 aromatic rings. The summed E-state index contributed by atoms with van der Waals surface area (Å²) in [6.45, 7) is 7.16. The summed E-state index contributed by atoms with van der Waals surface area (Å²) in [4.78, 5) is 27.7. The van der Waals surface area contributed by atoms with E-state index in [1.54, 1.807) is 29.6 Å². The highest BCUT2D eigenvalue weighted by molar-refractivity contribution is 5.98. The van der Waals surface area contributed by atoms with Gasteiger partial charge < -0.3 is 14.4 Å². The third-order valence-corrected chi connectivity index (χ3v) is 4.55. The molecule has 0 unspecified atom stereocenters. The number of hydrogen-bond acceptors (Lipinski definition) is 6. The zero-order chi connectivity index (χ0) is 21.1. The van der Waals surface area contributed by atoms with E-state index in [1.807, 2.05) is 51.1 Å². The van der Waals surface area contributed by atoms with Crippen LogP contribution in [0.3, 0.4) is 0 Å². The van der Waals surface area contributed by atoms with E-state index in [4.69, 9.17) is 9.47 Å². The molecule has 3 heterocycles. The van der Waals surface area contributed by atoms with Crippen LogP contribution in [-0.4, -0.2) is 44.5 Å². The van der Waals surface area contributed by atoms with Gasteiger partial charge in [-0.05, 0) is 56.2 Å². The molecule has 1 aromatic carbocycles. The molecule has 0 atom stereocenters. The zero-order valence-corrected chi connectivity index (χ0v) is 17.3. The fourth-order valence-electron chi connectivity index (χ4n) is 3.23. The van der Waals surface area contributed by atoms with Crippen molar-refractivity contribution >= 4 is 5.91 Å². The molecule has 1 aliphatic heterocycles. The maximum atomic E-state index is 13.2. The number of ether oxygens (including phenoxy) is 2. The van der Waals surface area contributed by atoms with E-state index >= 15 is 0 Å². The first-order chi connectivity index (χ1) is 14.4. The largest absolute Gasteiger partial charge is 0.491 e. The number of carbonyl (C=O) groups excluding carboxylic acids is 1. The van der Waals surface area contributed by atoms with Gasteiger partial charge >= 0.3 is 0 Å². The average Bonchev–Trinajstić information content (AvgIpc) is 2.87. The zero-order valence-electron chi connectivity index (χ0n) is 17.3. The molecule has 0 bridgehead atoms. The van der Waals surface area contributed by atoms with Gasteiger partial charge in [0.15, 0.2) is 0 Å². The van der Waals surface area contributed by atoms with Crippen LogP contribution >= 0.6 is 0 Å². The van der Waals surface area contributed by atoms with Crippen LogP contribution in [0.25, 0.3) is 11.1 Å². The van der Waals surface area contributed by atoms with E-state index in [-0.39, 0.29) is 11.5 Å². The normalized spacial score (nSPS) is 14.0. The minimum absolute atomic E-state index is 0.1000. The van der Waals surface area contributed by atoms with Gasteiger partial charge in [0.25, 0.3) is 5.91 Å². The van der Waals surface area contributed by atoms with Crippen LogP contribution in [0.2, 0.25) is 0 Å². The van der Waals surface area contributed by atoms with Crippen molar-refractivity contribution in [2.45, 2.75) is 32.9 Å². The number of benzene rings is 1. The first-order valence-corrected chi connectivity index (χ1v) is 9.86. The van der Waals surface area contributed by atoms with Crippen LogP contribution in [0.1, 0.15) is 37.0 Å². The number of hydrogen-bond donors (Lipinski definition) is 0. The van der Waals surface area contributed by atoms with Gasteiger partial charge in [0.1, 0.15) is 23.8 Å². The molecule has 1 amide bonds. The second-order valence-corrected chi connectivity index (χ2v) is 8.05. The van der Waals surface area contributed by atoms with Crippen molar-refractivity contribution in [3.8, 4) is 22.8 Å². The minimum atomic E-state index is -0.344. The topological polar surface area (TPSA) is 77.4 Å². The van der Waals surface area contributed by atoms with Gasteiger partial charge in [-0.2, -0.15) is 0 Å². The Kier molecular flexibility index (Phi) is 5.35. The summed E-state index contributed by atoms with van der Waals surface area (Å²) in [6.07, 6.45) is 5.06. The third-order valence-electron chi connectivity index (χ3n) is 4.55. The number of pyridine rings is 1. The lowest BCUT2D eigenvalue weighted by Gasteiger charge is -2.20. The Morgan fingerprint density at radius 1 is 1.03 bits per heavy atom. The lowest BCUT2D eigenvalue weighted by atomic mass is 10.0. The fourth-order valence-corrected chi connectivity index (χ4v) is 3.23. The maximum absolute atomic E-state index is 13.2. The molecular weight excluding hydrogens is 380 g/mol. The van der Waals surface area contributed by atoms with E-state index < -0.39 is 0 Å². The highest BCUT2D eigenvalue weighted by atomic mass is 16.5. The van der Waals surface area contributed by atoms with Gasteiger partial charge in [-0.15, -0.1) is 0 Å². The van der Waals surface area contributed by atoms with Gasteiger partial charge in [0, 0.05) is 24.7 Å². The predicted octanol–water partition coefficient (Wildman–Crippen LogP) is 3.75. The van der Waals surface area contributed by atoms with Crippen molar-refractivity contribution in [1.29, 1.82) is 0 Å². The van der Waals surface area contributed by atoms with E-state index in [2.05, 4.69) is 15.0 Å². The third kappa shape index (κ3) is 4.56. The Hall–Kier alpha value is -3.48. The molecule has 0 radical (unpaired) electrons. The van der Waals surface area contributed by atoms with Crippen molar-refractivity contribution in [1.82, 2.24) is 19.9 Å². The molecule has 7 heteroatoms. The van der Waals surface area contributed by atoms with E-state index in [1.165, 1.54) is 0 Å². The van der Waals surface area contributed by atoms with Crippen LogP contribution in [0.15, 0.2) is 55.0 Å². The molecule has 1 aliphatic rings. The SMILES string of the molecule is CC(C)(C)Oc1cc(-c2ccc3c(c2)C(=O)N(Cc2ncccn2)CCO3)ccn1. The quantitative estimate of drug-likeness (QED) is 0.659. The van der Waals surface area contributed by atoms with Gasteiger partial charge in [0.05, 0.1) is 18.7 Å². The maximum Gasteiger partial charge on any atom is 0.258 e. The minimum Gasteiger partial charge on any atom is -0.491 e. The van der Waals surface area contributed by atoms with Gasteiger partial charge in [-0.25, -0.2) is 15.0 Å².